The first-order valence-electron chi connectivity index (χ1n) is 6.00. The Morgan fingerprint density at radius 1 is 1.26 bits per heavy atom. The van der Waals surface area contributed by atoms with E-state index in [9.17, 15) is 4.79 Å². The van der Waals surface area contributed by atoms with Crippen molar-refractivity contribution in [2.75, 3.05) is 6.61 Å². The lowest BCUT2D eigenvalue weighted by Crippen LogP contribution is -2.24. The molecule has 0 amide bonds. The summed E-state index contributed by atoms with van der Waals surface area (Å²) in [6, 6.07) is 12.7. The summed E-state index contributed by atoms with van der Waals surface area (Å²) in [5.41, 5.74) is 1.19. The van der Waals surface area contributed by atoms with Crippen molar-refractivity contribution in [2.24, 2.45) is 0 Å². The lowest BCUT2D eigenvalue weighted by molar-refractivity contribution is 0.295. The molecule has 0 N–H and O–H groups in total. The molecule has 96 valence electrons. The quantitative estimate of drug-likeness (QED) is 0.839. The van der Waals surface area contributed by atoms with Crippen LogP contribution in [0.3, 0.4) is 0 Å². The average molecular weight is 254 g/mol. The minimum Gasteiger partial charge on any atom is -0.490 e. The number of pyridine rings is 1. The van der Waals surface area contributed by atoms with Crippen molar-refractivity contribution in [2.45, 2.75) is 13.5 Å². The maximum atomic E-state index is 11.8. The number of aromatic nitrogens is 1. The molecule has 1 aromatic carbocycles. The molecule has 2 rings (SSSR count). The normalized spacial score (nSPS) is 9.89. The van der Waals surface area contributed by atoms with E-state index in [0.29, 0.717) is 30.0 Å². The Morgan fingerprint density at radius 2 is 2.05 bits per heavy atom. The maximum Gasteiger partial charge on any atom is 0.253 e. The number of hydrogen-bond acceptors (Lipinski definition) is 3. The second-order valence-electron chi connectivity index (χ2n) is 4.15. The molecule has 0 unspecified atom stereocenters. The topological polar surface area (TPSA) is 55.0 Å². The van der Waals surface area contributed by atoms with Gasteiger partial charge in [0, 0.05) is 11.8 Å². The predicted octanol–water partition coefficient (Wildman–Crippen LogP) is 2.11. The molecule has 0 spiro atoms. The lowest BCUT2D eigenvalue weighted by atomic mass is 10.2. The van der Waals surface area contributed by atoms with Crippen molar-refractivity contribution < 1.29 is 4.74 Å². The highest BCUT2D eigenvalue weighted by molar-refractivity contribution is 5.42. The van der Waals surface area contributed by atoms with Crippen LogP contribution in [0.25, 0.3) is 0 Å². The third kappa shape index (κ3) is 3.02. The molecule has 19 heavy (non-hydrogen) atoms. The molecule has 0 fully saturated rings. The Balaban J connectivity index is 2.03. The van der Waals surface area contributed by atoms with Crippen LogP contribution in [0.5, 0.6) is 5.75 Å². The molecule has 1 aromatic heterocycles. The van der Waals surface area contributed by atoms with Crippen molar-refractivity contribution in [3.8, 4) is 11.8 Å². The van der Waals surface area contributed by atoms with E-state index in [4.69, 9.17) is 10.00 Å². The van der Waals surface area contributed by atoms with Crippen LogP contribution in [0.2, 0.25) is 0 Å². The van der Waals surface area contributed by atoms with Gasteiger partial charge in [0.1, 0.15) is 18.4 Å². The van der Waals surface area contributed by atoms with E-state index in [1.807, 2.05) is 12.1 Å². The molecule has 0 saturated carbocycles. The van der Waals surface area contributed by atoms with Crippen molar-refractivity contribution >= 4 is 0 Å². The van der Waals surface area contributed by atoms with Gasteiger partial charge in [-0.2, -0.15) is 5.26 Å². The van der Waals surface area contributed by atoms with Gasteiger partial charge in [-0.05, 0) is 25.1 Å². The van der Waals surface area contributed by atoms with Crippen LogP contribution in [-0.4, -0.2) is 11.2 Å². The molecule has 0 saturated heterocycles. The molecule has 4 nitrogen and oxygen atoms in total. The molecule has 0 radical (unpaired) electrons. The van der Waals surface area contributed by atoms with Gasteiger partial charge in [0.2, 0.25) is 0 Å². The first kappa shape index (κ1) is 12.9. The minimum atomic E-state index is -0.0142. The molecule has 1 heterocycles. The number of aryl methyl sites for hydroxylation is 1. The van der Waals surface area contributed by atoms with Gasteiger partial charge in [-0.3, -0.25) is 4.79 Å². The van der Waals surface area contributed by atoms with Crippen molar-refractivity contribution in [3.63, 3.8) is 0 Å². The summed E-state index contributed by atoms with van der Waals surface area (Å²) >= 11 is 0. The van der Waals surface area contributed by atoms with Crippen LogP contribution in [0.4, 0.5) is 0 Å². The van der Waals surface area contributed by atoms with Gasteiger partial charge in [0.25, 0.3) is 5.56 Å². The summed E-state index contributed by atoms with van der Waals surface area (Å²) in [6.07, 6.45) is 1.73. The summed E-state index contributed by atoms with van der Waals surface area (Å²) in [5, 5.41) is 8.93. The molecule has 4 heteroatoms. The van der Waals surface area contributed by atoms with Crippen LogP contribution in [0.15, 0.2) is 47.4 Å². The number of hydrogen-bond donors (Lipinski definition) is 0. The van der Waals surface area contributed by atoms with Crippen molar-refractivity contribution in [1.82, 2.24) is 4.57 Å². The number of nitriles is 1. The Bertz CT molecular complexity index is 668. The zero-order chi connectivity index (χ0) is 13.7. The van der Waals surface area contributed by atoms with Gasteiger partial charge < -0.3 is 9.30 Å². The van der Waals surface area contributed by atoms with E-state index in [1.54, 1.807) is 42.0 Å². The molecule has 0 atom stereocenters. The van der Waals surface area contributed by atoms with E-state index < -0.39 is 0 Å². The van der Waals surface area contributed by atoms with E-state index in [0.717, 1.165) is 0 Å². The first-order chi connectivity index (χ1) is 9.22. The van der Waals surface area contributed by atoms with E-state index in [1.165, 1.54) is 0 Å². The van der Waals surface area contributed by atoms with Gasteiger partial charge in [-0.25, -0.2) is 0 Å². The summed E-state index contributed by atoms with van der Waals surface area (Å²) in [6.45, 7) is 2.59. The molecular formula is C15H14N2O2. The van der Waals surface area contributed by atoms with Crippen LogP contribution in [0, 0.1) is 18.3 Å². The minimum absolute atomic E-state index is 0.0142. The second-order valence-corrected chi connectivity index (χ2v) is 4.15. The summed E-state index contributed by atoms with van der Waals surface area (Å²) in [7, 11) is 0. The van der Waals surface area contributed by atoms with Gasteiger partial charge in [0.05, 0.1) is 12.1 Å². The predicted molar refractivity (Wildman–Crippen MR) is 72.1 cm³/mol. The zero-order valence-corrected chi connectivity index (χ0v) is 10.7. The Morgan fingerprint density at radius 3 is 2.84 bits per heavy atom. The van der Waals surface area contributed by atoms with Gasteiger partial charge in [-0.1, -0.05) is 18.2 Å². The Labute approximate surface area is 111 Å². The molecule has 0 aliphatic carbocycles. The van der Waals surface area contributed by atoms with Gasteiger partial charge in [-0.15, -0.1) is 0 Å². The molecular weight excluding hydrogens is 240 g/mol. The number of ether oxygens (including phenoxy) is 1. The van der Waals surface area contributed by atoms with E-state index in [2.05, 4.69) is 6.07 Å². The fraction of sp³-hybridized carbons (Fsp3) is 0.200. The highest BCUT2D eigenvalue weighted by Crippen LogP contribution is 2.16. The molecule has 0 aliphatic heterocycles. The Hall–Kier alpha value is -2.54. The van der Waals surface area contributed by atoms with Gasteiger partial charge in [0.15, 0.2) is 0 Å². The van der Waals surface area contributed by atoms with Crippen molar-refractivity contribution in [3.05, 3.63) is 64.1 Å². The lowest BCUT2D eigenvalue weighted by Gasteiger charge is -2.09. The van der Waals surface area contributed by atoms with E-state index >= 15 is 0 Å². The average Bonchev–Trinajstić information content (AvgIpc) is 2.44. The molecule has 2 aromatic rings. The third-order valence-electron chi connectivity index (χ3n) is 2.81. The second kappa shape index (κ2) is 5.87. The fourth-order valence-electron chi connectivity index (χ4n) is 1.77. The third-order valence-corrected chi connectivity index (χ3v) is 2.81. The number of para-hydroxylation sites is 1. The maximum absolute atomic E-state index is 11.8. The first-order valence-corrected chi connectivity index (χ1v) is 6.00. The summed E-state index contributed by atoms with van der Waals surface area (Å²) in [4.78, 5) is 11.8. The largest absolute Gasteiger partial charge is 0.490 e. The van der Waals surface area contributed by atoms with E-state index in [-0.39, 0.29) is 5.56 Å². The molecule has 0 aliphatic rings. The van der Waals surface area contributed by atoms with Crippen LogP contribution < -0.4 is 10.3 Å². The monoisotopic (exact) mass is 254 g/mol. The van der Waals surface area contributed by atoms with Crippen LogP contribution >= 0.6 is 0 Å². The highest BCUT2D eigenvalue weighted by Gasteiger charge is 2.02. The van der Waals surface area contributed by atoms with Crippen LogP contribution in [-0.2, 0) is 6.54 Å². The highest BCUT2D eigenvalue weighted by atomic mass is 16.5. The zero-order valence-electron chi connectivity index (χ0n) is 10.7. The SMILES string of the molecule is Cc1cccn(CCOc2ccccc2C#N)c1=O. The van der Waals surface area contributed by atoms with Gasteiger partial charge >= 0.3 is 0 Å². The van der Waals surface area contributed by atoms with Crippen LogP contribution in [0.1, 0.15) is 11.1 Å². The standard InChI is InChI=1S/C15H14N2O2/c1-12-5-4-8-17(15(12)18)9-10-19-14-7-3-2-6-13(14)11-16/h2-8H,9-10H2,1H3. The summed E-state index contributed by atoms with van der Waals surface area (Å²) in [5.74, 6) is 0.547. The molecule has 0 bridgehead atoms. The van der Waals surface area contributed by atoms with Crippen molar-refractivity contribution in [1.29, 1.82) is 5.26 Å². The summed E-state index contributed by atoms with van der Waals surface area (Å²) < 4.78 is 7.15. The fourth-order valence-corrected chi connectivity index (χ4v) is 1.77. The number of nitrogens with zero attached hydrogens (tertiary/aromatic N) is 2. The Kier molecular flexibility index (Phi) is 3.99. The number of rotatable bonds is 4. The number of benzene rings is 1. The smallest absolute Gasteiger partial charge is 0.253 e.